The normalized spacial score (nSPS) is 10.4. The number of rotatable bonds is 0. The summed E-state index contributed by atoms with van der Waals surface area (Å²) in [6.07, 6.45) is 6.28. The molecule has 2 heteroatoms. The van der Waals surface area contributed by atoms with Gasteiger partial charge in [0.1, 0.15) is 0 Å². The lowest BCUT2D eigenvalue weighted by Gasteiger charge is -2.11. The summed E-state index contributed by atoms with van der Waals surface area (Å²) in [5.41, 5.74) is 2.81. The van der Waals surface area contributed by atoms with Crippen LogP contribution in [0.2, 0.25) is 0 Å². The molecule has 0 radical (unpaired) electrons. The van der Waals surface area contributed by atoms with E-state index in [4.69, 9.17) is 10.4 Å². The molecule has 0 aromatic heterocycles. The number of nitriles is 1. The minimum absolute atomic E-state index is 0.750. The Bertz CT molecular complexity index is 588. The highest BCUT2D eigenvalue weighted by atomic mass is 16.2. The molecule has 0 spiro atoms. The Morgan fingerprint density at radius 2 is 1.72 bits per heavy atom. The van der Waals surface area contributed by atoms with Crippen LogP contribution < -0.4 is 0 Å². The van der Waals surface area contributed by atoms with Crippen LogP contribution in [0.1, 0.15) is 11.1 Å². The van der Waals surface area contributed by atoms with Crippen molar-refractivity contribution < 1.29 is 5.11 Å². The lowest BCUT2D eigenvalue weighted by atomic mass is 9.93. The summed E-state index contributed by atoms with van der Waals surface area (Å²) in [6.45, 7) is 6.00. The molecule has 2 nitrogen and oxygen atoms in total. The quantitative estimate of drug-likeness (QED) is 0.555. The molecule has 0 aliphatic heterocycles. The van der Waals surface area contributed by atoms with E-state index in [0.717, 1.165) is 12.7 Å². The highest BCUT2D eigenvalue weighted by Gasteiger charge is 2.06. The average Bonchev–Trinajstić information content (AvgIpc) is 2.43. The number of aliphatic hydroxyl groups excluding tert-OH is 1. The summed E-state index contributed by atoms with van der Waals surface area (Å²) < 4.78 is 0. The van der Waals surface area contributed by atoms with Crippen LogP contribution in [0.5, 0.6) is 0 Å². The average molecular weight is 237 g/mol. The molecule has 3 rings (SSSR count). The predicted octanol–water partition coefficient (Wildman–Crippen LogP) is 4.05. The molecule has 2 aromatic carbocycles. The van der Waals surface area contributed by atoms with Crippen molar-refractivity contribution in [1.29, 1.82) is 5.26 Å². The number of hydrogen-bond acceptors (Lipinski definition) is 2. The van der Waals surface area contributed by atoms with E-state index in [0.29, 0.717) is 0 Å². The van der Waals surface area contributed by atoms with Crippen LogP contribution in [0.15, 0.2) is 55.6 Å². The molecule has 0 unspecified atom stereocenters. The van der Waals surface area contributed by atoms with Crippen molar-refractivity contribution >= 4 is 16.8 Å². The third kappa shape index (κ3) is 2.78. The highest BCUT2D eigenvalue weighted by Crippen LogP contribution is 2.27. The topological polar surface area (TPSA) is 44.0 Å². The van der Waals surface area contributed by atoms with Crippen LogP contribution in [0, 0.1) is 11.5 Å². The van der Waals surface area contributed by atoms with Gasteiger partial charge in [-0.3, -0.25) is 0 Å². The van der Waals surface area contributed by atoms with Crippen molar-refractivity contribution in [2.75, 3.05) is 0 Å². The van der Waals surface area contributed by atoms with Gasteiger partial charge in [0.05, 0.1) is 0 Å². The highest BCUT2D eigenvalue weighted by molar-refractivity contribution is 5.94. The molecule has 0 amide bonds. The van der Waals surface area contributed by atoms with Crippen LogP contribution >= 0.6 is 0 Å². The molecular formula is C16H15NO. The van der Waals surface area contributed by atoms with Gasteiger partial charge in [-0.25, -0.2) is 0 Å². The molecule has 18 heavy (non-hydrogen) atoms. The molecule has 0 saturated heterocycles. The third-order valence-corrected chi connectivity index (χ3v) is 2.66. The standard InChI is InChI=1S/C13H10.C2H4.CHNO/c1-4-10-6-2-8-12-9-3-7-11(5-1)13(10)12;1-2;2-1-3/h1-8H,9H2;1-2H2;3H. The molecule has 1 N–H and O–H groups in total. The van der Waals surface area contributed by atoms with Gasteiger partial charge in [0.25, 0.3) is 6.26 Å². The second kappa shape index (κ2) is 6.93. The zero-order valence-electron chi connectivity index (χ0n) is 10.1. The summed E-state index contributed by atoms with van der Waals surface area (Å²) in [5, 5.41) is 16.5. The predicted molar refractivity (Wildman–Crippen MR) is 75.5 cm³/mol. The lowest BCUT2D eigenvalue weighted by Crippen LogP contribution is -1.91. The van der Waals surface area contributed by atoms with E-state index in [1.54, 1.807) is 0 Å². The molecule has 90 valence electrons. The van der Waals surface area contributed by atoms with Gasteiger partial charge >= 0.3 is 0 Å². The second-order valence-electron chi connectivity index (χ2n) is 3.57. The first-order valence-corrected chi connectivity index (χ1v) is 5.57. The first-order valence-electron chi connectivity index (χ1n) is 5.57. The van der Waals surface area contributed by atoms with Crippen molar-refractivity contribution in [3.05, 3.63) is 66.8 Å². The van der Waals surface area contributed by atoms with E-state index in [-0.39, 0.29) is 0 Å². The van der Waals surface area contributed by atoms with Crippen molar-refractivity contribution in [2.24, 2.45) is 0 Å². The van der Waals surface area contributed by atoms with E-state index >= 15 is 0 Å². The fourth-order valence-electron chi connectivity index (χ4n) is 2.07. The fourth-order valence-corrected chi connectivity index (χ4v) is 2.07. The van der Waals surface area contributed by atoms with Gasteiger partial charge in [-0.05, 0) is 28.3 Å². The van der Waals surface area contributed by atoms with Crippen molar-refractivity contribution in [2.45, 2.75) is 6.42 Å². The number of benzene rings is 2. The Kier molecular flexibility index (Phi) is 5.21. The number of nitrogens with zero attached hydrogens (tertiary/aromatic N) is 1. The minimum Gasteiger partial charge on any atom is -0.443 e. The number of allylic oxidation sites excluding steroid dienone is 1. The zero-order valence-corrected chi connectivity index (χ0v) is 10.1. The number of aliphatic hydroxyl groups is 1. The van der Waals surface area contributed by atoms with Crippen molar-refractivity contribution in [1.82, 2.24) is 0 Å². The Morgan fingerprint density at radius 3 is 2.39 bits per heavy atom. The molecule has 0 fully saturated rings. The van der Waals surface area contributed by atoms with Crippen molar-refractivity contribution in [3.8, 4) is 6.26 Å². The number of hydrogen-bond donors (Lipinski definition) is 1. The van der Waals surface area contributed by atoms with Gasteiger partial charge in [-0.1, -0.05) is 48.6 Å². The maximum Gasteiger partial charge on any atom is 0.283 e. The van der Waals surface area contributed by atoms with Gasteiger partial charge in [-0.15, -0.1) is 13.2 Å². The van der Waals surface area contributed by atoms with E-state index in [1.165, 1.54) is 21.9 Å². The molecular weight excluding hydrogens is 222 g/mol. The van der Waals surface area contributed by atoms with Crippen molar-refractivity contribution in [3.63, 3.8) is 0 Å². The summed E-state index contributed by atoms with van der Waals surface area (Å²) in [4.78, 5) is 0. The Hall–Kier alpha value is -2.53. The van der Waals surface area contributed by atoms with E-state index in [9.17, 15) is 0 Å². The van der Waals surface area contributed by atoms with Gasteiger partial charge in [0, 0.05) is 0 Å². The van der Waals surface area contributed by atoms with Crippen LogP contribution in [-0.4, -0.2) is 5.11 Å². The molecule has 1 aliphatic carbocycles. The second-order valence-corrected chi connectivity index (χ2v) is 3.57. The smallest absolute Gasteiger partial charge is 0.283 e. The SMILES string of the molecule is C1=Cc2cccc3cccc(c23)C1.C=C.N#CO. The van der Waals surface area contributed by atoms with E-state index in [2.05, 4.69) is 61.7 Å². The summed E-state index contributed by atoms with van der Waals surface area (Å²) in [6, 6.07) is 13.0. The lowest BCUT2D eigenvalue weighted by molar-refractivity contribution is 0.503. The molecule has 1 aliphatic rings. The monoisotopic (exact) mass is 237 g/mol. The zero-order chi connectivity index (χ0) is 13.4. The molecule has 0 bridgehead atoms. The first kappa shape index (κ1) is 13.5. The van der Waals surface area contributed by atoms with Crippen LogP contribution in [0.3, 0.4) is 0 Å². The van der Waals surface area contributed by atoms with Crippen LogP contribution in [-0.2, 0) is 6.42 Å². The van der Waals surface area contributed by atoms with E-state index < -0.39 is 0 Å². The minimum atomic E-state index is 0.750. The van der Waals surface area contributed by atoms with E-state index in [1.807, 2.05) is 0 Å². The summed E-state index contributed by atoms with van der Waals surface area (Å²) >= 11 is 0. The maximum atomic E-state index is 6.88. The van der Waals surface area contributed by atoms with Gasteiger partial charge in [0.15, 0.2) is 0 Å². The third-order valence-electron chi connectivity index (χ3n) is 2.66. The Balaban J connectivity index is 0.000000288. The van der Waals surface area contributed by atoms with Gasteiger partial charge in [0.2, 0.25) is 0 Å². The summed E-state index contributed by atoms with van der Waals surface area (Å²) in [7, 11) is 0. The largest absolute Gasteiger partial charge is 0.443 e. The summed E-state index contributed by atoms with van der Waals surface area (Å²) in [5.74, 6) is 0. The van der Waals surface area contributed by atoms with Crippen LogP contribution in [0.25, 0.3) is 16.8 Å². The molecule has 2 aromatic rings. The van der Waals surface area contributed by atoms with Gasteiger partial charge < -0.3 is 5.11 Å². The van der Waals surface area contributed by atoms with Crippen LogP contribution in [0.4, 0.5) is 0 Å². The molecule has 0 saturated carbocycles. The molecule has 0 heterocycles. The maximum absolute atomic E-state index is 6.88. The Morgan fingerprint density at radius 1 is 1.11 bits per heavy atom. The fraction of sp³-hybridized carbons (Fsp3) is 0.0625. The molecule has 0 atom stereocenters. The van der Waals surface area contributed by atoms with Gasteiger partial charge in [-0.2, -0.15) is 5.26 Å². The first-order chi connectivity index (χ1) is 8.86. The Labute approximate surface area is 107 Å².